The molecule has 1 saturated heterocycles. The van der Waals surface area contributed by atoms with Crippen LogP contribution < -0.4 is 14.8 Å². The average Bonchev–Trinajstić information content (AvgIpc) is 3.36. The largest absolute Gasteiger partial charge is 0.493 e. The third-order valence-corrected chi connectivity index (χ3v) is 4.23. The lowest BCUT2D eigenvalue weighted by molar-refractivity contribution is -0.116. The number of methoxy groups -OCH3 is 2. The van der Waals surface area contributed by atoms with Crippen LogP contribution in [0, 0.1) is 6.92 Å². The lowest BCUT2D eigenvalue weighted by Crippen LogP contribution is -2.22. The fourth-order valence-electron chi connectivity index (χ4n) is 2.75. The van der Waals surface area contributed by atoms with Gasteiger partial charge in [0.1, 0.15) is 6.04 Å². The van der Waals surface area contributed by atoms with Gasteiger partial charge in [0.15, 0.2) is 11.5 Å². The average molecular weight is 326 g/mol. The highest BCUT2D eigenvalue weighted by molar-refractivity contribution is 5.97. The van der Waals surface area contributed by atoms with E-state index in [-0.39, 0.29) is 11.9 Å². The maximum atomic E-state index is 12.5. The van der Waals surface area contributed by atoms with Gasteiger partial charge in [0.25, 0.3) is 0 Å². The van der Waals surface area contributed by atoms with Crippen molar-refractivity contribution >= 4 is 11.6 Å². The highest BCUT2D eigenvalue weighted by atomic mass is 16.5. The number of rotatable bonds is 6. The van der Waals surface area contributed by atoms with Gasteiger partial charge < -0.3 is 14.8 Å². The Bertz CT molecular complexity index is 731. The summed E-state index contributed by atoms with van der Waals surface area (Å²) in [5.41, 5.74) is 2.91. The lowest BCUT2D eigenvalue weighted by atomic mass is 10.1. The molecule has 2 aromatic rings. The first-order valence-corrected chi connectivity index (χ1v) is 7.94. The van der Waals surface area contributed by atoms with Crippen molar-refractivity contribution in [3.63, 3.8) is 0 Å². The molecule has 0 aromatic heterocycles. The smallest absolute Gasteiger partial charge is 0.243 e. The Balaban J connectivity index is 1.64. The highest BCUT2D eigenvalue weighted by Gasteiger charge is 2.40. The van der Waals surface area contributed by atoms with E-state index < -0.39 is 0 Å². The number of benzene rings is 2. The molecule has 126 valence electrons. The van der Waals surface area contributed by atoms with Gasteiger partial charge in [-0.2, -0.15) is 0 Å². The van der Waals surface area contributed by atoms with Gasteiger partial charge in [-0.1, -0.05) is 30.3 Å². The Morgan fingerprint density at radius 1 is 1.17 bits per heavy atom. The molecule has 2 unspecified atom stereocenters. The molecular weight excluding hydrogens is 304 g/mol. The molecule has 2 atom stereocenters. The van der Waals surface area contributed by atoms with E-state index >= 15 is 0 Å². The van der Waals surface area contributed by atoms with Crippen LogP contribution in [-0.2, 0) is 11.3 Å². The standard InChI is InChI=1S/C19H22N2O3/c1-13-9-17(23-2)18(24-3)10-15(13)20-19(22)16-12-21(16)11-14-7-5-4-6-8-14/h4-10,16H,11-12H2,1-3H3,(H,20,22). The number of carbonyl (C=O) groups excluding carboxylic acids is 1. The van der Waals surface area contributed by atoms with Gasteiger partial charge in [-0.3, -0.25) is 9.69 Å². The fourth-order valence-corrected chi connectivity index (χ4v) is 2.75. The third kappa shape index (κ3) is 3.51. The number of anilines is 1. The van der Waals surface area contributed by atoms with E-state index in [0.717, 1.165) is 24.3 Å². The number of nitrogens with one attached hydrogen (secondary N) is 1. The van der Waals surface area contributed by atoms with Crippen molar-refractivity contribution in [2.75, 3.05) is 26.1 Å². The predicted molar refractivity (Wildman–Crippen MR) is 93.6 cm³/mol. The molecule has 1 aliphatic heterocycles. The second-order valence-corrected chi connectivity index (χ2v) is 5.94. The minimum absolute atomic E-state index is 0.0150. The number of amides is 1. The predicted octanol–water partition coefficient (Wildman–Crippen LogP) is 2.84. The molecule has 1 aliphatic rings. The van der Waals surface area contributed by atoms with E-state index in [4.69, 9.17) is 9.47 Å². The number of aryl methyl sites for hydroxylation is 1. The van der Waals surface area contributed by atoms with Crippen molar-refractivity contribution in [3.05, 3.63) is 53.6 Å². The third-order valence-electron chi connectivity index (χ3n) is 4.23. The summed E-state index contributed by atoms with van der Waals surface area (Å²) in [6.45, 7) is 3.52. The summed E-state index contributed by atoms with van der Waals surface area (Å²) in [6.07, 6.45) is 0. The second kappa shape index (κ2) is 6.93. The maximum Gasteiger partial charge on any atom is 0.243 e. The Labute approximate surface area is 142 Å². The zero-order chi connectivity index (χ0) is 17.1. The maximum absolute atomic E-state index is 12.5. The van der Waals surface area contributed by atoms with Crippen molar-refractivity contribution in [2.24, 2.45) is 0 Å². The summed E-state index contributed by atoms with van der Waals surface area (Å²) >= 11 is 0. The highest BCUT2D eigenvalue weighted by Crippen LogP contribution is 2.33. The molecule has 0 saturated carbocycles. The molecule has 2 aromatic carbocycles. The van der Waals surface area contributed by atoms with Gasteiger partial charge in [0.2, 0.25) is 5.91 Å². The van der Waals surface area contributed by atoms with Gasteiger partial charge in [-0.15, -0.1) is 0 Å². The van der Waals surface area contributed by atoms with E-state index in [0.29, 0.717) is 11.5 Å². The molecular formula is C19H22N2O3. The molecule has 5 heteroatoms. The molecule has 1 fully saturated rings. The molecule has 1 amide bonds. The Morgan fingerprint density at radius 2 is 1.83 bits per heavy atom. The van der Waals surface area contributed by atoms with Crippen molar-refractivity contribution in [1.29, 1.82) is 0 Å². The van der Waals surface area contributed by atoms with Crippen LogP contribution in [0.3, 0.4) is 0 Å². The van der Waals surface area contributed by atoms with Gasteiger partial charge >= 0.3 is 0 Å². The zero-order valence-electron chi connectivity index (χ0n) is 14.2. The minimum Gasteiger partial charge on any atom is -0.493 e. The number of nitrogens with zero attached hydrogens (tertiary/aromatic N) is 1. The second-order valence-electron chi connectivity index (χ2n) is 5.94. The quantitative estimate of drug-likeness (QED) is 0.830. The van der Waals surface area contributed by atoms with Crippen LogP contribution in [0.5, 0.6) is 11.5 Å². The number of hydrogen-bond acceptors (Lipinski definition) is 4. The van der Waals surface area contributed by atoms with E-state index in [2.05, 4.69) is 22.3 Å². The first kappa shape index (κ1) is 16.3. The summed E-state index contributed by atoms with van der Waals surface area (Å²) in [7, 11) is 3.18. The van der Waals surface area contributed by atoms with Crippen LogP contribution in [0.15, 0.2) is 42.5 Å². The van der Waals surface area contributed by atoms with Crippen molar-refractivity contribution < 1.29 is 14.3 Å². The molecule has 1 N–H and O–H groups in total. The summed E-state index contributed by atoms with van der Waals surface area (Å²) in [5, 5.41) is 3.00. The molecule has 3 rings (SSSR count). The van der Waals surface area contributed by atoms with E-state index in [9.17, 15) is 4.79 Å². The van der Waals surface area contributed by atoms with Crippen LogP contribution >= 0.6 is 0 Å². The normalized spacial score (nSPS) is 18.8. The van der Waals surface area contributed by atoms with Gasteiger partial charge in [-0.25, -0.2) is 0 Å². The van der Waals surface area contributed by atoms with Gasteiger partial charge in [-0.05, 0) is 24.1 Å². The molecule has 1 heterocycles. The zero-order valence-corrected chi connectivity index (χ0v) is 14.2. The number of carbonyl (C=O) groups is 1. The molecule has 24 heavy (non-hydrogen) atoms. The Kier molecular flexibility index (Phi) is 4.71. The fraction of sp³-hybridized carbons (Fsp3) is 0.316. The van der Waals surface area contributed by atoms with Crippen LogP contribution in [0.25, 0.3) is 0 Å². The van der Waals surface area contributed by atoms with Crippen LogP contribution in [0.1, 0.15) is 11.1 Å². The monoisotopic (exact) mass is 326 g/mol. The summed E-state index contributed by atoms with van der Waals surface area (Å²) < 4.78 is 10.6. The molecule has 0 spiro atoms. The summed E-state index contributed by atoms with van der Waals surface area (Å²) in [5.74, 6) is 1.28. The van der Waals surface area contributed by atoms with Crippen molar-refractivity contribution in [3.8, 4) is 11.5 Å². The first-order chi connectivity index (χ1) is 11.6. The Hall–Kier alpha value is -2.53. The van der Waals surface area contributed by atoms with E-state index in [1.54, 1.807) is 20.3 Å². The van der Waals surface area contributed by atoms with Crippen molar-refractivity contribution in [2.45, 2.75) is 19.5 Å². The topological polar surface area (TPSA) is 50.6 Å². The van der Waals surface area contributed by atoms with Gasteiger partial charge in [0.05, 0.1) is 14.2 Å². The van der Waals surface area contributed by atoms with Crippen LogP contribution in [-0.4, -0.2) is 37.6 Å². The lowest BCUT2D eigenvalue weighted by Gasteiger charge is -2.13. The summed E-state index contributed by atoms with van der Waals surface area (Å²) in [4.78, 5) is 14.6. The molecule has 0 bridgehead atoms. The summed E-state index contributed by atoms with van der Waals surface area (Å²) in [6, 6.07) is 13.8. The first-order valence-electron chi connectivity index (χ1n) is 7.94. The van der Waals surface area contributed by atoms with Crippen LogP contribution in [0.2, 0.25) is 0 Å². The SMILES string of the molecule is COc1cc(C)c(NC(=O)C2CN2Cc2ccccc2)cc1OC. The van der Waals surface area contributed by atoms with Crippen molar-refractivity contribution in [1.82, 2.24) is 4.90 Å². The van der Waals surface area contributed by atoms with E-state index in [1.165, 1.54) is 5.56 Å². The number of ether oxygens (including phenoxy) is 2. The van der Waals surface area contributed by atoms with E-state index in [1.807, 2.05) is 31.2 Å². The molecule has 5 nitrogen and oxygen atoms in total. The van der Waals surface area contributed by atoms with Gasteiger partial charge in [0, 0.05) is 24.8 Å². The Morgan fingerprint density at radius 3 is 2.50 bits per heavy atom. The molecule has 0 aliphatic carbocycles. The molecule has 0 radical (unpaired) electrons. The number of hydrogen-bond donors (Lipinski definition) is 1. The van der Waals surface area contributed by atoms with Crippen LogP contribution in [0.4, 0.5) is 5.69 Å². The minimum atomic E-state index is -0.0716.